The predicted octanol–water partition coefficient (Wildman–Crippen LogP) is 2.30. The Hall–Kier alpha value is -2.08. The van der Waals surface area contributed by atoms with E-state index in [2.05, 4.69) is 22.5 Å². The molecule has 0 aliphatic rings. The van der Waals surface area contributed by atoms with Crippen LogP contribution in [0.3, 0.4) is 0 Å². The van der Waals surface area contributed by atoms with E-state index in [1.54, 1.807) is 30.5 Å². The van der Waals surface area contributed by atoms with Crippen LogP contribution in [0, 0.1) is 0 Å². The van der Waals surface area contributed by atoms with Crippen molar-refractivity contribution in [1.82, 2.24) is 10.3 Å². The van der Waals surface area contributed by atoms with Gasteiger partial charge in [0.2, 0.25) is 0 Å². The van der Waals surface area contributed by atoms with Gasteiger partial charge in [-0.1, -0.05) is 6.92 Å². The van der Waals surface area contributed by atoms with Crippen molar-refractivity contribution in [1.29, 1.82) is 0 Å². The molecule has 4 N–H and O–H groups in total. The van der Waals surface area contributed by atoms with Crippen molar-refractivity contribution in [3.63, 3.8) is 0 Å². The Morgan fingerprint density at radius 2 is 2.30 bits per heavy atom. The Morgan fingerprint density at radius 3 is 2.90 bits per heavy atom. The number of rotatable bonds is 5. The van der Waals surface area contributed by atoms with Crippen LogP contribution < -0.4 is 16.4 Å². The van der Waals surface area contributed by atoms with Crippen molar-refractivity contribution in [3.05, 3.63) is 40.3 Å². The topological polar surface area (TPSA) is 80.0 Å². The number of nitrogens with zero attached hydrogens (tertiary/aromatic N) is 1. The van der Waals surface area contributed by atoms with Crippen LogP contribution in [0.2, 0.25) is 0 Å². The Morgan fingerprint density at radius 1 is 1.50 bits per heavy atom. The first kappa shape index (κ1) is 14.3. The van der Waals surface area contributed by atoms with Gasteiger partial charge in [0.1, 0.15) is 0 Å². The van der Waals surface area contributed by atoms with Crippen LogP contribution in [0.5, 0.6) is 0 Å². The Kier molecular flexibility index (Phi) is 4.57. The van der Waals surface area contributed by atoms with Gasteiger partial charge in [-0.2, -0.15) is 0 Å². The average Bonchev–Trinajstić information content (AvgIpc) is 2.99. The number of amides is 1. The summed E-state index contributed by atoms with van der Waals surface area (Å²) in [5.41, 5.74) is 7.92. The van der Waals surface area contributed by atoms with Crippen molar-refractivity contribution in [2.45, 2.75) is 12.8 Å². The third-order valence-corrected chi connectivity index (χ3v) is 4.02. The van der Waals surface area contributed by atoms with Gasteiger partial charge in [-0.05, 0) is 18.2 Å². The molecule has 0 radical (unpaired) electrons. The van der Waals surface area contributed by atoms with Crippen LogP contribution in [-0.2, 0) is 0 Å². The molecular formula is C14H18N4OS. The van der Waals surface area contributed by atoms with Gasteiger partial charge in [-0.3, -0.25) is 4.79 Å². The third kappa shape index (κ3) is 3.27. The molecule has 2 rings (SSSR count). The number of carbonyl (C=O) groups excluding carboxylic acids is 1. The zero-order valence-electron chi connectivity index (χ0n) is 11.5. The summed E-state index contributed by atoms with van der Waals surface area (Å²) in [5, 5.41) is 8.94. The summed E-state index contributed by atoms with van der Waals surface area (Å²) >= 11 is 1.64. The fourth-order valence-corrected chi connectivity index (χ4v) is 2.54. The number of nitrogens with one attached hydrogen (secondary N) is 2. The predicted molar refractivity (Wildman–Crippen MR) is 83.3 cm³/mol. The summed E-state index contributed by atoms with van der Waals surface area (Å²) in [4.78, 5) is 15.8. The lowest BCUT2D eigenvalue weighted by Crippen LogP contribution is -2.18. The highest BCUT2D eigenvalue weighted by Crippen LogP contribution is 2.23. The highest BCUT2D eigenvalue weighted by atomic mass is 32.1. The third-order valence-electron chi connectivity index (χ3n) is 3.01. The molecule has 0 spiro atoms. The molecule has 1 amide bonds. The maximum absolute atomic E-state index is 11.5. The lowest BCUT2D eigenvalue weighted by atomic mass is 10.1. The molecule has 5 nitrogen and oxygen atoms in total. The molecule has 1 atom stereocenters. The van der Waals surface area contributed by atoms with E-state index in [1.165, 1.54) is 0 Å². The minimum absolute atomic E-state index is 0.139. The number of hydrogen-bond acceptors (Lipinski definition) is 5. The Labute approximate surface area is 122 Å². The molecule has 1 aromatic carbocycles. The number of nitrogens with two attached hydrogens (primary N) is 1. The molecule has 1 unspecified atom stereocenters. The van der Waals surface area contributed by atoms with E-state index in [-0.39, 0.29) is 5.91 Å². The lowest BCUT2D eigenvalue weighted by molar-refractivity contribution is 0.0963. The molecule has 0 aliphatic heterocycles. The summed E-state index contributed by atoms with van der Waals surface area (Å²) in [6.07, 6.45) is 1.81. The molecule has 0 saturated heterocycles. The maximum atomic E-state index is 11.5. The summed E-state index contributed by atoms with van der Waals surface area (Å²) in [6.45, 7) is 2.86. The quantitative estimate of drug-likeness (QED) is 0.738. The second kappa shape index (κ2) is 6.38. The van der Waals surface area contributed by atoms with Crippen LogP contribution in [0.15, 0.2) is 29.8 Å². The molecule has 0 fully saturated rings. The fraction of sp³-hybridized carbons (Fsp3) is 0.286. The van der Waals surface area contributed by atoms with E-state index in [4.69, 9.17) is 5.73 Å². The number of carbonyl (C=O) groups is 1. The van der Waals surface area contributed by atoms with Gasteiger partial charge in [0.15, 0.2) is 0 Å². The van der Waals surface area contributed by atoms with Crippen LogP contribution in [0.25, 0.3) is 0 Å². The van der Waals surface area contributed by atoms with Crippen LogP contribution in [-0.4, -0.2) is 24.5 Å². The lowest BCUT2D eigenvalue weighted by Gasteiger charge is -2.13. The van der Waals surface area contributed by atoms with Crippen molar-refractivity contribution >= 4 is 28.6 Å². The van der Waals surface area contributed by atoms with Gasteiger partial charge in [-0.15, -0.1) is 11.3 Å². The van der Waals surface area contributed by atoms with Crippen LogP contribution in [0.1, 0.15) is 28.2 Å². The van der Waals surface area contributed by atoms with Gasteiger partial charge in [0.25, 0.3) is 5.91 Å². The van der Waals surface area contributed by atoms with Gasteiger partial charge in [0.05, 0.1) is 16.4 Å². The van der Waals surface area contributed by atoms with E-state index in [9.17, 15) is 4.79 Å². The molecule has 106 valence electrons. The number of nitrogen functional groups attached to an aromatic ring is 1. The fourth-order valence-electron chi connectivity index (χ4n) is 1.84. The maximum Gasteiger partial charge on any atom is 0.251 e. The molecular weight excluding hydrogens is 272 g/mol. The van der Waals surface area contributed by atoms with Gasteiger partial charge < -0.3 is 16.4 Å². The zero-order valence-corrected chi connectivity index (χ0v) is 12.3. The zero-order chi connectivity index (χ0) is 14.5. The minimum Gasteiger partial charge on any atom is -0.397 e. The summed E-state index contributed by atoms with van der Waals surface area (Å²) in [5.74, 6) is 0.174. The van der Waals surface area contributed by atoms with Gasteiger partial charge >= 0.3 is 0 Å². The summed E-state index contributed by atoms with van der Waals surface area (Å²) in [6, 6.07) is 5.26. The smallest absolute Gasteiger partial charge is 0.251 e. The Bertz CT molecular complexity index is 583. The van der Waals surface area contributed by atoms with E-state index in [1.807, 2.05) is 17.6 Å². The first-order valence-corrected chi connectivity index (χ1v) is 7.24. The van der Waals surface area contributed by atoms with Crippen molar-refractivity contribution in [2.24, 2.45) is 0 Å². The monoisotopic (exact) mass is 290 g/mol. The molecule has 1 heterocycles. The van der Waals surface area contributed by atoms with Crippen molar-refractivity contribution in [3.8, 4) is 0 Å². The van der Waals surface area contributed by atoms with E-state index >= 15 is 0 Å². The van der Waals surface area contributed by atoms with E-state index in [0.717, 1.165) is 17.2 Å². The largest absolute Gasteiger partial charge is 0.397 e. The molecule has 6 heteroatoms. The summed E-state index contributed by atoms with van der Waals surface area (Å²) in [7, 11) is 1.60. The Balaban J connectivity index is 2.01. The SMILES string of the molecule is CNC(=O)c1ccc(NCC(C)c2nccs2)c(N)c1. The van der Waals surface area contributed by atoms with Crippen LogP contribution >= 0.6 is 11.3 Å². The minimum atomic E-state index is -0.139. The molecule has 2 aromatic rings. The normalized spacial score (nSPS) is 11.9. The molecule has 0 bridgehead atoms. The second-order valence-corrected chi connectivity index (χ2v) is 5.46. The van der Waals surface area contributed by atoms with Crippen LogP contribution in [0.4, 0.5) is 11.4 Å². The standard InChI is InChI=1S/C14H18N4OS/c1-9(14-17-5-6-20-14)8-18-12-4-3-10(7-11(12)15)13(19)16-2/h3-7,9,18H,8,15H2,1-2H3,(H,16,19). The highest BCUT2D eigenvalue weighted by molar-refractivity contribution is 7.09. The highest BCUT2D eigenvalue weighted by Gasteiger charge is 2.10. The molecule has 1 aromatic heterocycles. The average molecular weight is 290 g/mol. The van der Waals surface area contributed by atoms with Gasteiger partial charge in [-0.25, -0.2) is 4.98 Å². The first-order valence-electron chi connectivity index (χ1n) is 6.36. The molecule has 20 heavy (non-hydrogen) atoms. The van der Waals surface area contributed by atoms with Crippen molar-refractivity contribution in [2.75, 3.05) is 24.6 Å². The number of anilines is 2. The number of thiazole rings is 1. The number of hydrogen-bond donors (Lipinski definition) is 3. The number of aromatic nitrogens is 1. The summed E-state index contributed by atoms with van der Waals surface area (Å²) < 4.78 is 0. The number of benzene rings is 1. The van der Waals surface area contributed by atoms with E-state index < -0.39 is 0 Å². The van der Waals surface area contributed by atoms with Crippen molar-refractivity contribution < 1.29 is 4.79 Å². The van der Waals surface area contributed by atoms with E-state index in [0.29, 0.717) is 17.2 Å². The second-order valence-electron chi connectivity index (χ2n) is 4.53. The molecule has 0 aliphatic carbocycles. The van der Waals surface area contributed by atoms with Gasteiger partial charge in [0, 0.05) is 36.7 Å². The molecule has 0 saturated carbocycles. The first-order chi connectivity index (χ1) is 9.61.